The summed E-state index contributed by atoms with van der Waals surface area (Å²) in [6.07, 6.45) is 0.441. The predicted octanol–water partition coefficient (Wildman–Crippen LogP) is 2.62. The minimum Gasteiger partial charge on any atom is -0.325 e. The van der Waals surface area contributed by atoms with Gasteiger partial charge in [0.25, 0.3) is 0 Å². The van der Waals surface area contributed by atoms with Crippen LogP contribution in [0.5, 0.6) is 0 Å². The van der Waals surface area contributed by atoms with E-state index in [9.17, 15) is 9.18 Å². The minimum atomic E-state index is -0.690. The van der Waals surface area contributed by atoms with Gasteiger partial charge in [-0.25, -0.2) is 4.39 Å². The molecule has 3 nitrogen and oxygen atoms in total. The topological polar surface area (TPSA) is 52.9 Å². The van der Waals surface area contributed by atoms with E-state index in [0.29, 0.717) is 17.7 Å². The zero-order valence-electron chi connectivity index (χ0n) is 9.25. The predicted molar refractivity (Wildman–Crippen MR) is 59.2 cm³/mol. The van der Waals surface area contributed by atoms with Crippen LogP contribution in [-0.2, 0) is 4.79 Å². The quantitative estimate of drug-likeness (QED) is 0.851. The van der Waals surface area contributed by atoms with Crippen molar-refractivity contribution < 1.29 is 9.18 Å². The Morgan fingerprint density at radius 2 is 2.31 bits per heavy atom. The van der Waals surface area contributed by atoms with Crippen LogP contribution in [0.4, 0.5) is 10.1 Å². The molecule has 0 heterocycles. The van der Waals surface area contributed by atoms with Crippen molar-refractivity contribution in [2.45, 2.75) is 20.3 Å². The van der Waals surface area contributed by atoms with Crippen molar-refractivity contribution in [1.29, 1.82) is 5.26 Å². The van der Waals surface area contributed by atoms with Gasteiger partial charge >= 0.3 is 0 Å². The molecule has 16 heavy (non-hydrogen) atoms. The highest BCUT2D eigenvalue weighted by Crippen LogP contribution is 2.15. The number of anilines is 1. The zero-order valence-corrected chi connectivity index (χ0v) is 9.25. The number of nitrogens with zero attached hydrogens (tertiary/aromatic N) is 1. The van der Waals surface area contributed by atoms with Crippen molar-refractivity contribution in [2.75, 3.05) is 5.32 Å². The second-order valence-corrected chi connectivity index (χ2v) is 3.54. The van der Waals surface area contributed by atoms with Crippen LogP contribution in [0.15, 0.2) is 18.2 Å². The zero-order chi connectivity index (χ0) is 12.1. The Hall–Kier alpha value is -1.89. The molecule has 1 rings (SSSR count). The smallest absolute Gasteiger partial charge is 0.241 e. The van der Waals surface area contributed by atoms with Crippen molar-refractivity contribution >= 4 is 11.6 Å². The van der Waals surface area contributed by atoms with Gasteiger partial charge in [0.2, 0.25) is 5.91 Å². The number of benzene rings is 1. The fourth-order valence-electron chi connectivity index (χ4n) is 1.24. The first-order valence-electron chi connectivity index (χ1n) is 5.05. The maximum absolute atomic E-state index is 13.2. The van der Waals surface area contributed by atoms with E-state index in [0.717, 1.165) is 0 Å². The van der Waals surface area contributed by atoms with Gasteiger partial charge in [-0.15, -0.1) is 0 Å². The minimum absolute atomic E-state index is 0.372. The van der Waals surface area contributed by atoms with E-state index in [1.807, 2.05) is 6.07 Å². The van der Waals surface area contributed by atoms with E-state index in [4.69, 9.17) is 5.26 Å². The van der Waals surface area contributed by atoms with Crippen molar-refractivity contribution in [3.8, 4) is 6.07 Å². The monoisotopic (exact) mass is 220 g/mol. The van der Waals surface area contributed by atoms with Gasteiger partial charge in [-0.2, -0.15) is 5.26 Å². The van der Waals surface area contributed by atoms with Crippen LogP contribution in [0.2, 0.25) is 0 Å². The van der Waals surface area contributed by atoms with Gasteiger partial charge in [0.05, 0.1) is 6.07 Å². The maximum Gasteiger partial charge on any atom is 0.241 e. The number of carbonyl (C=O) groups excluding carboxylic acids is 1. The molecule has 0 aliphatic rings. The molecule has 1 unspecified atom stereocenters. The third kappa shape index (κ3) is 2.80. The van der Waals surface area contributed by atoms with E-state index in [-0.39, 0.29) is 5.82 Å². The van der Waals surface area contributed by atoms with E-state index in [1.165, 1.54) is 6.07 Å². The first-order valence-corrected chi connectivity index (χ1v) is 5.05. The Kier molecular flexibility index (Phi) is 4.01. The average Bonchev–Trinajstić information content (AvgIpc) is 2.25. The normalized spacial score (nSPS) is 11.6. The summed E-state index contributed by atoms with van der Waals surface area (Å²) >= 11 is 0. The van der Waals surface area contributed by atoms with Crippen LogP contribution < -0.4 is 5.32 Å². The lowest BCUT2D eigenvalue weighted by atomic mass is 10.1. The molecule has 0 saturated heterocycles. The number of nitriles is 1. The van der Waals surface area contributed by atoms with E-state index in [1.54, 1.807) is 26.0 Å². The number of nitrogens with one attached hydrogen (secondary N) is 1. The van der Waals surface area contributed by atoms with Crippen LogP contribution >= 0.6 is 0 Å². The Balaban J connectivity index is 2.78. The van der Waals surface area contributed by atoms with E-state index in [2.05, 4.69) is 5.32 Å². The average molecular weight is 220 g/mol. The van der Waals surface area contributed by atoms with Crippen molar-refractivity contribution in [3.63, 3.8) is 0 Å². The summed E-state index contributed by atoms with van der Waals surface area (Å²) < 4.78 is 13.2. The molecule has 1 atom stereocenters. The maximum atomic E-state index is 13.2. The summed E-state index contributed by atoms with van der Waals surface area (Å²) in [6, 6.07) is 6.33. The molecule has 1 N–H and O–H groups in total. The van der Waals surface area contributed by atoms with Crippen LogP contribution in [0.3, 0.4) is 0 Å². The molecule has 0 spiro atoms. The molecule has 0 radical (unpaired) electrons. The molecule has 1 aromatic carbocycles. The lowest BCUT2D eigenvalue weighted by Crippen LogP contribution is -2.20. The Bertz CT molecular complexity index is 437. The highest BCUT2D eigenvalue weighted by molar-refractivity contribution is 5.94. The lowest BCUT2D eigenvalue weighted by Gasteiger charge is -2.08. The molecule has 84 valence electrons. The summed E-state index contributed by atoms with van der Waals surface area (Å²) in [5, 5.41) is 11.2. The van der Waals surface area contributed by atoms with Gasteiger partial charge in [0.1, 0.15) is 11.7 Å². The second-order valence-electron chi connectivity index (χ2n) is 3.54. The molecule has 0 saturated carbocycles. The van der Waals surface area contributed by atoms with E-state index < -0.39 is 11.8 Å². The standard InChI is InChI=1S/C12H13FN2O/c1-3-9(7-14)12(16)15-10-5-4-8(2)11(13)6-10/h4-6,9H,3H2,1-2H3,(H,15,16). The Labute approximate surface area is 93.9 Å². The van der Waals surface area contributed by atoms with Gasteiger partial charge in [0, 0.05) is 5.69 Å². The SMILES string of the molecule is CCC(C#N)C(=O)Nc1ccc(C)c(F)c1. The molecular formula is C12H13FN2O. The fourth-order valence-corrected chi connectivity index (χ4v) is 1.24. The molecule has 0 aliphatic carbocycles. The van der Waals surface area contributed by atoms with Gasteiger partial charge in [-0.05, 0) is 31.0 Å². The number of halogens is 1. The van der Waals surface area contributed by atoms with E-state index >= 15 is 0 Å². The molecule has 1 aromatic rings. The number of rotatable bonds is 3. The van der Waals surface area contributed by atoms with Crippen molar-refractivity contribution in [3.05, 3.63) is 29.6 Å². The fraction of sp³-hybridized carbons (Fsp3) is 0.333. The highest BCUT2D eigenvalue weighted by Gasteiger charge is 2.15. The number of carbonyl (C=O) groups is 1. The number of hydrogen-bond acceptors (Lipinski definition) is 2. The molecule has 1 amide bonds. The van der Waals surface area contributed by atoms with Gasteiger partial charge in [-0.3, -0.25) is 4.79 Å². The lowest BCUT2D eigenvalue weighted by molar-refractivity contribution is -0.118. The van der Waals surface area contributed by atoms with Crippen LogP contribution in [0.1, 0.15) is 18.9 Å². The number of hydrogen-bond donors (Lipinski definition) is 1. The van der Waals surface area contributed by atoms with Crippen molar-refractivity contribution in [1.82, 2.24) is 0 Å². The summed E-state index contributed by atoms with van der Waals surface area (Å²) in [5.74, 6) is -1.46. The van der Waals surface area contributed by atoms with Crippen LogP contribution in [-0.4, -0.2) is 5.91 Å². The molecule has 0 bridgehead atoms. The largest absolute Gasteiger partial charge is 0.325 e. The first-order chi connectivity index (χ1) is 7.58. The summed E-state index contributed by atoms with van der Waals surface area (Å²) in [4.78, 5) is 11.5. The summed E-state index contributed by atoms with van der Waals surface area (Å²) in [5.41, 5.74) is 0.895. The molecule has 4 heteroatoms. The van der Waals surface area contributed by atoms with Crippen LogP contribution in [0, 0.1) is 30.0 Å². The third-order valence-corrected chi connectivity index (χ3v) is 2.32. The number of amides is 1. The summed E-state index contributed by atoms with van der Waals surface area (Å²) in [7, 11) is 0. The molecule has 0 aromatic heterocycles. The molecule has 0 aliphatic heterocycles. The molecule has 0 fully saturated rings. The summed E-state index contributed by atoms with van der Waals surface area (Å²) in [6.45, 7) is 3.40. The van der Waals surface area contributed by atoms with Gasteiger partial charge in [0.15, 0.2) is 0 Å². The Morgan fingerprint density at radius 1 is 1.62 bits per heavy atom. The van der Waals surface area contributed by atoms with Crippen molar-refractivity contribution in [2.24, 2.45) is 5.92 Å². The third-order valence-electron chi connectivity index (χ3n) is 2.32. The molecular weight excluding hydrogens is 207 g/mol. The second kappa shape index (κ2) is 5.26. The first kappa shape index (κ1) is 12.2. The highest BCUT2D eigenvalue weighted by atomic mass is 19.1. The van der Waals surface area contributed by atoms with Crippen LogP contribution in [0.25, 0.3) is 0 Å². The Morgan fingerprint density at radius 3 is 2.81 bits per heavy atom. The van der Waals surface area contributed by atoms with Gasteiger partial charge in [-0.1, -0.05) is 13.0 Å². The number of aryl methyl sites for hydroxylation is 1. The van der Waals surface area contributed by atoms with Gasteiger partial charge < -0.3 is 5.32 Å².